The molecule has 1 aromatic heterocycles. The third-order valence-electron chi connectivity index (χ3n) is 6.90. The number of carbonyl (C=O) groups excluding carboxylic acids is 1. The van der Waals surface area contributed by atoms with Gasteiger partial charge in [0.05, 0.1) is 50.4 Å². The van der Waals surface area contributed by atoms with Crippen molar-refractivity contribution in [2.24, 2.45) is 5.41 Å². The third-order valence-corrected chi connectivity index (χ3v) is 8.16. The van der Waals surface area contributed by atoms with E-state index >= 15 is 0 Å². The van der Waals surface area contributed by atoms with Crippen molar-refractivity contribution in [1.29, 1.82) is 0 Å². The Balaban J connectivity index is 1.63. The van der Waals surface area contributed by atoms with Crippen LogP contribution in [0.25, 0.3) is 11.4 Å². The minimum atomic E-state index is -3.75. The van der Waals surface area contributed by atoms with Gasteiger partial charge < -0.3 is 14.6 Å². The Kier molecular flexibility index (Phi) is 8.10. The molecule has 1 aliphatic carbocycles. The highest BCUT2D eigenvalue weighted by molar-refractivity contribution is 7.88. The number of esters is 1. The summed E-state index contributed by atoms with van der Waals surface area (Å²) in [6.45, 7) is 0.0270. The van der Waals surface area contributed by atoms with Crippen LogP contribution in [0.4, 0.5) is 4.39 Å². The lowest BCUT2D eigenvalue weighted by Gasteiger charge is -2.30. The molecule has 0 unspecified atom stereocenters. The predicted molar refractivity (Wildman–Crippen MR) is 138 cm³/mol. The summed E-state index contributed by atoms with van der Waals surface area (Å²) >= 11 is 0. The van der Waals surface area contributed by atoms with Crippen LogP contribution in [0.2, 0.25) is 0 Å². The van der Waals surface area contributed by atoms with Gasteiger partial charge in [0.1, 0.15) is 5.75 Å². The molecule has 38 heavy (non-hydrogen) atoms. The molecular weight excluding hydrogens is 513 g/mol. The molecule has 202 valence electrons. The summed E-state index contributed by atoms with van der Waals surface area (Å²) in [6.07, 6.45) is 2.44. The average molecular weight is 544 g/mol. The maximum atomic E-state index is 13.3. The number of sulfonamides is 1. The molecule has 1 saturated carbocycles. The fraction of sp³-hybridized carbons (Fsp3) is 0.370. The summed E-state index contributed by atoms with van der Waals surface area (Å²) in [4.78, 5) is 21.2. The lowest BCUT2D eigenvalue weighted by molar-refractivity contribution is -0.153. The molecule has 0 spiro atoms. The van der Waals surface area contributed by atoms with E-state index in [1.54, 1.807) is 49.6 Å². The number of halogens is 1. The molecular formula is C27H30FN3O6S. The summed E-state index contributed by atoms with van der Waals surface area (Å²) < 4.78 is 50.6. The summed E-state index contributed by atoms with van der Waals surface area (Å²) in [5.41, 5.74) is 0.930. The molecule has 11 heteroatoms. The smallest absolute Gasteiger partial charge is 0.312 e. The van der Waals surface area contributed by atoms with E-state index in [4.69, 9.17) is 9.47 Å². The molecule has 1 N–H and O–H groups in total. The number of aromatic nitrogens is 2. The van der Waals surface area contributed by atoms with E-state index in [1.807, 2.05) is 6.07 Å². The Morgan fingerprint density at radius 2 is 1.79 bits per heavy atom. The largest absolute Gasteiger partial charge is 0.497 e. The van der Waals surface area contributed by atoms with E-state index in [-0.39, 0.29) is 25.8 Å². The third kappa shape index (κ3) is 6.01. The van der Waals surface area contributed by atoms with E-state index in [9.17, 15) is 22.7 Å². The van der Waals surface area contributed by atoms with Crippen molar-refractivity contribution in [3.8, 4) is 17.1 Å². The van der Waals surface area contributed by atoms with Crippen molar-refractivity contribution >= 4 is 16.0 Å². The number of ether oxygens (including phenoxy) is 2. The zero-order valence-corrected chi connectivity index (χ0v) is 22.2. The zero-order chi connectivity index (χ0) is 27.5. The van der Waals surface area contributed by atoms with E-state index in [0.29, 0.717) is 22.7 Å². The Bertz CT molecular complexity index is 1380. The van der Waals surface area contributed by atoms with Gasteiger partial charge in [-0.05, 0) is 48.6 Å². The van der Waals surface area contributed by atoms with Gasteiger partial charge >= 0.3 is 5.97 Å². The number of aliphatic hydroxyl groups excluding tert-OH is 1. The second-order valence-electron chi connectivity index (χ2n) is 9.57. The number of methoxy groups -OCH3 is 2. The maximum absolute atomic E-state index is 13.3. The number of hydrogen-bond acceptors (Lipinski definition) is 8. The van der Waals surface area contributed by atoms with Gasteiger partial charge in [-0.15, -0.1) is 0 Å². The van der Waals surface area contributed by atoms with Crippen molar-refractivity contribution in [1.82, 2.24) is 14.3 Å². The van der Waals surface area contributed by atoms with Crippen molar-refractivity contribution in [3.05, 3.63) is 77.9 Å². The molecule has 0 amide bonds. The van der Waals surface area contributed by atoms with Crippen LogP contribution in [0.1, 0.15) is 24.0 Å². The fourth-order valence-electron chi connectivity index (χ4n) is 5.11. The molecule has 1 heterocycles. The predicted octanol–water partition coefficient (Wildman–Crippen LogP) is 2.98. The quantitative estimate of drug-likeness (QED) is 0.409. The van der Waals surface area contributed by atoms with Crippen LogP contribution in [0.5, 0.6) is 5.75 Å². The average Bonchev–Trinajstić information content (AvgIpc) is 3.23. The van der Waals surface area contributed by atoms with E-state index in [0.717, 1.165) is 24.2 Å². The standard InChI is InChI=1S/C27H30FN3O6S/c1-36-22-9-7-18(8-10-22)17-31(38(3,34)35)23-13-27(14-24(23)32,26(33)37-2)12-19-5-4-6-20(11-19)25-29-15-21(28)16-30-25/h4-11,15-16,23-24,32H,12-14,17H2,1-3H3/t23-,24+,27-/m1/s1. The molecule has 0 aliphatic heterocycles. The van der Waals surface area contributed by atoms with Crippen molar-refractivity contribution in [2.45, 2.75) is 38.0 Å². The van der Waals surface area contributed by atoms with Gasteiger partial charge in [-0.3, -0.25) is 4.79 Å². The molecule has 3 atom stereocenters. The molecule has 2 aromatic carbocycles. The Labute approximate surface area is 221 Å². The van der Waals surface area contributed by atoms with Gasteiger partial charge in [0.15, 0.2) is 11.6 Å². The highest BCUT2D eigenvalue weighted by atomic mass is 32.2. The molecule has 0 saturated heterocycles. The second-order valence-corrected chi connectivity index (χ2v) is 11.5. The molecule has 3 aromatic rings. The van der Waals surface area contributed by atoms with Gasteiger partial charge in [0.2, 0.25) is 10.0 Å². The zero-order valence-electron chi connectivity index (χ0n) is 21.4. The van der Waals surface area contributed by atoms with E-state index in [1.165, 1.54) is 11.4 Å². The number of hydrogen-bond donors (Lipinski definition) is 1. The van der Waals surface area contributed by atoms with Crippen molar-refractivity contribution < 1.29 is 32.2 Å². The minimum Gasteiger partial charge on any atom is -0.497 e. The Morgan fingerprint density at radius 1 is 1.11 bits per heavy atom. The second kappa shape index (κ2) is 11.1. The molecule has 1 aliphatic rings. The summed E-state index contributed by atoms with van der Waals surface area (Å²) in [5, 5.41) is 11.1. The van der Waals surface area contributed by atoms with Gasteiger partial charge in [-0.1, -0.05) is 30.3 Å². The molecule has 1 fully saturated rings. The number of aliphatic hydroxyl groups is 1. The molecule has 0 bridgehead atoms. The first-order valence-corrected chi connectivity index (χ1v) is 13.8. The van der Waals surface area contributed by atoms with Crippen LogP contribution in [0.3, 0.4) is 0 Å². The molecule has 0 radical (unpaired) electrons. The summed E-state index contributed by atoms with van der Waals surface area (Å²) in [7, 11) is -0.935. The first kappa shape index (κ1) is 27.6. The van der Waals surface area contributed by atoms with Crippen molar-refractivity contribution in [3.63, 3.8) is 0 Å². The summed E-state index contributed by atoms with van der Waals surface area (Å²) in [6, 6.07) is 13.3. The van der Waals surface area contributed by atoms with Crippen LogP contribution < -0.4 is 4.74 Å². The normalized spacial score (nSPS) is 21.4. The highest BCUT2D eigenvalue weighted by Crippen LogP contribution is 2.45. The SMILES string of the molecule is COC(=O)[C@]1(Cc2cccc(-c3ncc(F)cn3)c2)C[C@@H](N(Cc2ccc(OC)cc2)S(C)(=O)=O)[C@@H](O)C1. The Morgan fingerprint density at radius 3 is 2.39 bits per heavy atom. The van der Waals surface area contributed by atoms with Crippen molar-refractivity contribution in [2.75, 3.05) is 20.5 Å². The lowest BCUT2D eigenvalue weighted by Crippen LogP contribution is -2.44. The van der Waals surface area contributed by atoms with Crippen LogP contribution in [0, 0.1) is 11.2 Å². The number of benzene rings is 2. The molecule has 9 nitrogen and oxygen atoms in total. The topological polar surface area (TPSA) is 119 Å². The van der Waals surface area contributed by atoms with Crippen LogP contribution in [-0.4, -0.2) is 66.4 Å². The lowest BCUT2D eigenvalue weighted by atomic mass is 9.79. The van der Waals surface area contributed by atoms with E-state index in [2.05, 4.69) is 9.97 Å². The first-order valence-electron chi connectivity index (χ1n) is 12.0. The summed E-state index contributed by atoms with van der Waals surface area (Å²) in [5.74, 6) is -0.114. The van der Waals surface area contributed by atoms with Gasteiger partial charge in [0, 0.05) is 12.1 Å². The van der Waals surface area contributed by atoms with Gasteiger partial charge in [0.25, 0.3) is 0 Å². The number of nitrogens with zero attached hydrogens (tertiary/aromatic N) is 3. The van der Waals surface area contributed by atoms with Crippen LogP contribution in [-0.2, 0) is 32.5 Å². The minimum absolute atomic E-state index is 0.0241. The first-order chi connectivity index (χ1) is 18.0. The van der Waals surface area contributed by atoms with Crippen LogP contribution >= 0.6 is 0 Å². The highest BCUT2D eigenvalue weighted by Gasteiger charge is 2.53. The van der Waals surface area contributed by atoms with Gasteiger partial charge in [-0.25, -0.2) is 22.8 Å². The van der Waals surface area contributed by atoms with Crippen LogP contribution in [0.15, 0.2) is 60.9 Å². The molecule has 4 rings (SSSR count). The van der Waals surface area contributed by atoms with Gasteiger partial charge in [-0.2, -0.15) is 4.31 Å². The Hall–Kier alpha value is -3.41. The number of rotatable bonds is 9. The number of carbonyl (C=O) groups is 1. The maximum Gasteiger partial charge on any atom is 0.312 e. The van der Waals surface area contributed by atoms with E-state index < -0.39 is 39.4 Å². The fourth-order valence-corrected chi connectivity index (χ4v) is 6.20. The monoisotopic (exact) mass is 543 g/mol.